The molecule has 0 aliphatic carbocycles. The largest absolute Gasteiger partial charge is 0.489 e. The van der Waals surface area contributed by atoms with Gasteiger partial charge in [0.15, 0.2) is 0 Å². The van der Waals surface area contributed by atoms with Crippen LogP contribution in [0.3, 0.4) is 0 Å². The summed E-state index contributed by atoms with van der Waals surface area (Å²) in [6.45, 7) is 4.56. The normalized spacial score (nSPS) is 12.2. The summed E-state index contributed by atoms with van der Waals surface area (Å²) in [5, 5.41) is 9.01. The first-order valence-corrected chi connectivity index (χ1v) is 6.77. The zero-order valence-corrected chi connectivity index (χ0v) is 12.0. The van der Waals surface area contributed by atoms with Gasteiger partial charge in [-0.25, -0.2) is 0 Å². The second-order valence-corrected chi connectivity index (χ2v) is 5.09. The van der Waals surface area contributed by atoms with Crippen LogP contribution in [0, 0.1) is 6.92 Å². The summed E-state index contributed by atoms with van der Waals surface area (Å²) in [5.74, 6) is 0.830. The first-order chi connectivity index (χ1) is 9.60. The van der Waals surface area contributed by atoms with Gasteiger partial charge in [-0.05, 0) is 31.0 Å². The second kappa shape index (κ2) is 6.55. The number of ether oxygens (including phenoxy) is 1. The average Bonchev–Trinajstić information content (AvgIpc) is 2.46. The monoisotopic (exact) mass is 271 g/mol. The lowest BCUT2D eigenvalue weighted by molar-refractivity contribution is 0.281. The topological polar surface area (TPSA) is 55.5 Å². The minimum atomic E-state index is -0.0540. The van der Waals surface area contributed by atoms with Crippen LogP contribution in [0.4, 0.5) is 0 Å². The number of aliphatic hydroxyl groups excluding tert-OH is 1. The van der Waals surface area contributed by atoms with Crippen molar-refractivity contribution in [3.63, 3.8) is 0 Å². The number of benzene rings is 2. The van der Waals surface area contributed by atoms with E-state index in [9.17, 15) is 0 Å². The van der Waals surface area contributed by atoms with Crippen LogP contribution in [-0.4, -0.2) is 5.11 Å². The molecule has 0 amide bonds. The molecule has 2 aromatic rings. The van der Waals surface area contributed by atoms with Gasteiger partial charge in [-0.1, -0.05) is 42.0 Å². The van der Waals surface area contributed by atoms with E-state index in [1.807, 2.05) is 50.2 Å². The van der Waals surface area contributed by atoms with Crippen LogP contribution in [-0.2, 0) is 13.2 Å². The third-order valence-electron chi connectivity index (χ3n) is 3.26. The van der Waals surface area contributed by atoms with Crippen molar-refractivity contribution in [3.8, 4) is 5.75 Å². The number of aryl methyl sites for hydroxylation is 1. The van der Waals surface area contributed by atoms with Crippen LogP contribution in [0.15, 0.2) is 42.5 Å². The molecule has 0 saturated carbocycles. The van der Waals surface area contributed by atoms with Crippen molar-refractivity contribution in [1.29, 1.82) is 0 Å². The number of hydrogen-bond acceptors (Lipinski definition) is 3. The second-order valence-electron chi connectivity index (χ2n) is 5.09. The fourth-order valence-electron chi connectivity index (χ4n) is 2.06. The Kier molecular flexibility index (Phi) is 4.77. The van der Waals surface area contributed by atoms with Gasteiger partial charge in [-0.3, -0.25) is 0 Å². The first kappa shape index (κ1) is 14.6. The highest BCUT2D eigenvalue weighted by molar-refractivity contribution is 5.39. The molecule has 0 bridgehead atoms. The molecular weight excluding hydrogens is 250 g/mol. The minimum Gasteiger partial charge on any atom is -0.489 e. The lowest BCUT2D eigenvalue weighted by Crippen LogP contribution is -2.08. The Balaban J connectivity index is 2.10. The van der Waals surface area contributed by atoms with E-state index < -0.39 is 0 Å². The van der Waals surface area contributed by atoms with Gasteiger partial charge in [0.1, 0.15) is 12.4 Å². The third kappa shape index (κ3) is 3.59. The molecule has 20 heavy (non-hydrogen) atoms. The Labute approximate surface area is 120 Å². The molecule has 0 aromatic heterocycles. The Morgan fingerprint density at radius 3 is 2.35 bits per heavy atom. The molecule has 3 nitrogen and oxygen atoms in total. The van der Waals surface area contributed by atoms with Gasteiger partial charge in [0.05, 0.1) is 6.61 Å². The van der Waals surface area contributed by atoms with Crippen molar-refractivity contribution >= 4 is 0 Å². The summed E-state index contributed by atoms with van der Waals surface area (Å²) in [5.41, 5.74) is 10.2. The summed E-state index contributed by atoms with van der Waals surface area (Å²) in [4.78, 5) is 0. The van der Waals surface area contributed by atoms with E-state index in [4.69, 9.17) is 15.6 Å². The Morgan fingerprint density at radius 2 is 1.75 bits per heavy atom. The molecule has 106 valence electrons. The fraction of sp³-hybridized carbons (Fsp3) is 0.294. The van der Waals surface area contributed by atoms with E-state index in [2.05, 4.69) is 6.07 Å². The molecule has 0 saturated heterocycles. The Hall–Kier alpha value is -1.84. The Bertz CT molecular complexity index is 562. The molecule has 0 fully saturated rings. The molecule has 1 atom stereocenters. The maximum absolute atomic E-state index is 9.01. The van der Waals surface area contributed by atoms with E-state index in [1.165, 1.54) is 5.56 Å². The highest BCUT2D eigenvalue weighted by Gasteiger charge is 2.08. The predicted octanol–water partition coefficient (Wildman–Crippen LogP) is 3.09. The van der Waals surface area contributed by atoms with Gasteiger partial charge in [-0.15, -0.1) is 0 Å². The molecule has 2 aromatic carbocycles. The Morgan fingerprint density at radius 1 is 1.10 bits per heavy atom. The number of rotatable bonds is 5. The fourth-order valence-corrected chi connectivity index (χ4v) is 2.06. The van der Waals surface area contributed by atoms with Gasteiger partial charge >= 0.3 is 0 Å². The molecule has 0 heterocycles. The van der Waals surface area contributed by atoms with Gasteiger partial charge in [-0.2, -0.15) is 0 Å². The van der Waals surface area contributed by atoms with Crippen LogP contribution in [0.1, 0.15) is 35.2 Å². The number of nitrogens with two attached hydrogens (primary N) is 1. The van der Waals surface area contributed by atoms with E-state index >= 15 is 0 Å². The van der Waals surface area contributed by atoms with E-state index in [1.54, 1.807) is 0 Å². The molecular formula is C17H21NO2. The quantitative estimate of drug-likeness (QED) is 0.878. The summed E-state index contributed by atoms with van der Waals surface area (Å²) in [7, 11) is 0. The molecule has 3 heteroatoms. The lowest BCUT2D eigenvalue weighted by Gasteiger charge is -2.15. The van der Waals surface area contributed by atoms with Crippen LogP contribution in [0.25, 0.3) is 0 Å². The smallest absolute Gasteiger partial charge is 0.124 e. The van der Waals surface area contributed by atoms with Gasteiger partial charge in [0, 0.05) is 11.6 Å². The van der Waals surface area contributed by atoms with Crippen molar-refractivity contribution < 1.29 is 9.84 Å². The van der Waals surface area contributed by atoms with Gasteiger partial charge < -0.3 is 15.6 Å². The van der Waals surface area contributed by atoms with Crippen molar-refractivity contribution in [1.82, 2.24) is 0 Å². The van der Waals surface area contributed by atoms with Crippen molar-refractivity contribution in [2.45, 2.75) is 33.1 Å². The van der Waals surface area contributed by atoms with Crippen LogP contribution >= 0.6 is 0 Å². The third-order valence-corrected chi connectivity index (χ3v) is 3.26. The first-order valence-electron chi connectivity index (χ1n) is 6.77. The molecule has 0 aliphatic heterocycles. The molecule has 0 radical (unpaired) electrons. The van der Waals surface area contributed by atoms with Crippen LogP contribution in [0.5, 0.6) is 5.75 Å². The summed E-state index contributed by atoms with van der Waals surface area (Å²) in [6.07, 6.45) is 0. The number of hydrogen-bond donors (Lipinski definition) is 2. The van der Waals surface area contributed by atoms with E-state index in [-0.39, 0.29) is 12.6 Å². The summed E-state index contributed by atoms with van der Waals surface area (Å²) < 4.78 is 5.87. The van der Waals surface area contributed by atoms with Crippen LogP contribution < -0.4 is 10.5 Å². The van der Waals surface area contributed by atoms with Crippen molar-refractivity contribution in [2.24, 2.45) is 5.73 Å². The van der Waals surface area contributed by atoms with Crippen molar-refractivity contribution in [2.75, 3.05) is 0 Å². The zero-order valence-electron chi connectivity index (χ0n) is 12.0. The van der Waals surface area contributed by atoms with Crippen molar-refractivity contribution in [3.05, 3.63) is 64.7 Å². The maximum Gasteiger partial charge on any atom is 0.124 e. The number of aliphatic hydroxyl groups is 1. The SMILES string of the molecule is Cc1ccc(OCc2ccc(CO)cc2)c([C@@H](C)N)c1. The predicted molar refractivity (Wildman–Crippen MR) is 80.5 cm³/mol. The molecule has 3 N–H and O–H groups in total. The van der Waals surface area contributed by atoms with E-state index in [0.717, 1.165) is 22.4 Å². The van der Waals surface area contributed by atoms with E-state index in [0.29, 0.717) is 6.61 Å². The standard InChI is InChI=1S/C17H21NO2/c1-12-3-8-17(16(9-12)13(2)18)20-11-15-6-4-14(10-19)5-7-15/h3-9,13,19H,10-11,18H2,1-2H3/t13-/m1/s1. The summed E-state index contributed by atoms with van der Waals surface area (Å²) >= 11 is 0. The maximum atomic E-state index is 9.01. The summed E-state index contributed by atoms with van der Waals surface area (Å²) in [6, 6.07) is 13.7. The highest BCUT2D eigenvalue weighted by atomic mass is 16.5. The van der Waals surface area contributed by atoms with Gasteiger partial charge in [0.2, 0.25) is 0 Å². The minimum absolute atomic E-state index is 0.0540. The molecule has 0 unspecified atom stereocenters. The highest BCUT2D eigenvalue weighted by Crippen LogP contribution is 2.25. The van der Waals surface area contributed by atoms with Crippen LogP contribution in [0.2, 0.25) is 0 Å². The molecule has 2 rings (SSSR count). The molecule has 0 aliphatic rings. The lowest BCUT2D eigenvalue weighted by atomic mass is 10.1. The molecule has 0 spiro atoms. The van der Waals surface area contributed by atoms with Gasteiger partial charge in [0.25, 0.3) is 0 Å². The average molecular weight is 271 g/mol. The zero-order chi connectivity index (χ0) is 14.5.